The van der Waals surface area contributed by atoms with E-state index in [2.05, 4.69) is 11.9 Å². The van der Waals surface area contributed by atoms with E-state index in [1.165, 1.54) is 0 Å². The van der Waals surface area contributed by atoms with Gasteiger partial charge in [-0.25, -0.2) is 4.98 Å². The molecule has 1 aliphatic rings. The van der Waals surface area contributed by atoms with Crippen LogP contribution in [-0.4, -0.2) is 35.4 Å². The molecule has 18 heavy (non-hydrogen) atoms. The highest BCUT2D eigenvalue weighted by molar-refractivity contribution is 5.92. The van der Waals surface area contributed by atoms with E-state index in [4.69, 9.17) is 10.2 Å². The number of nitrogens with zero attached hydrogens (tertiary/aromatic N) is 2. The van der Waals surface area contributed by atoms with Crippen molar-refractivity contribution in [3.63, 3.8) is 0 Å². The van der Waals surface area contributed by atoms with Gasteiger partial charge in [-0.05, 0) is 25.3 Å². The molecule has 0 aliphatic carbocycles. The highest BCUT2D eigenvalue weighted by Gasteiger charge is 2.36. The Labute approximate surface area is 113 Å². The van der Waals surface area contributed by atoms with Gasteiger partial charge in [0, 0.05) is 20.0 Å². The standard InChI is InChI=1S/C12H19N3O2.ClH/c1-8-10(17-9(2)14-8)11(16)15-5-4-12(3,6-13)7-15;/h4-7,13H2,1-3H3;1H. The molecule has 1 aromatic rings. The van der Waals surface area contributed by atoms with Gasteiger partial charge in [-0.2, -0.15) is 0 Å². The quantitative estimate of drug-likeness (QED) is 0.887. The van der Waals surface area contributed by atoms with Crippen LogP contribution < -0.4 is 5.73 Å². The third-order valence-corrected chi connectivity index (χ3v) is 3.44. The highest BCUT2D eigenvalue weighted by atomic mass is 35.5. The number of oxazole rings is 1. The summed E-state index contributed by atoms with van der Waals surface area (Å²) in [5.41, 5.74) is 6.43. The molecule has 1 aliphatic heterocycles. The average Bonchev–Trinajstić information content (AvgIpc) is 2.82. The largest absolute Gasteiger partial charge is 0.436 e. The molecule has 1 fully saturated rings. The van der Waals surface area contributed by atoms with Crippen molar-refractivity contribution in [1.29, 1.82) is 0 Å². The summed E-state index contributed by atoms with van der Waals surface area (Å²) in [4.78, 5) is 18.2. The number of rotatable bonds is 2. The van der Waals surface area contributed by atoms with E-state index in [0.717, 1.165) is 13.0 Å². The average molecular weight is 274 g/mol. The Morgan fingerprint density at radius 1 is 1.56 bits per heavy atom. The molecule has 1 atom stereocenters. The van der Waals surface area contributed by atoms with Crippen molar-refractivity contribution in [1.82, 2.24) is 9.88 Å². The van der Waals surface area contributed by atoms with Crippen LogP contribution in [0, 0.1) is 19.3 Å². The van der Waals surface area contributed by atoms with E-state index in [1.54, 1.807) is 18.7 Å². The first-order valence-electron chi connectivity index (χ1n) is 5.88. The number of carbonyl (C=O) groups is 1. The van der Waals surface area contributed by atoms with Crippen LogP contribution in [0.3, 0.4) is 0 Å². The van der Waals surface area contributed by atoms with E-state index in [0.29, 0.717) is 30.4 Å². The summed E-state index contributed by atoms with van der Waals surface area (Å²) >= 11 is 0. The number of likely N-dealkylation sites (tertiary alicyclic amines) is 1. The lowest BCUT2D eigenvalue weighted by atomic mass is 9.90. The van der Waals surface area contributed by atoms with Gasteiger partial charge in [0.25, 0.3) is 5.91 Å². The van der Waals surface area contributed by atoms with Crippen molar-refractivity contribution in [3.05, 3.63) is 17.3 Å². The molecule has 0 aromatic carbocycles. The molecule has 2 heterocycles. The van der Waals surface area contributed by atoms with Crippen LogP contribution in [0.4, 0.5) is 0 Å². The van der Waals surface area contributed by atoms with E-state index in [9.17, 15) is 4.79 Å². The van der Waals surface area contributed by atoms with Crippen LogP contribution in [-0.2, 0) is 0 Å². The summed E-state index contributed by atoms with van der Waals surface area (Å²) in [7, 11) is 0. The van der Waals surface area contributed by atoms with Crippen molar-refractivity contribution in [3.8, 4) is 0 Å². The molecule has 1 unspecified atom stereocenters. The molecular formula is C12H20ClN3O2. The fraction of sp³-hybridized carbons (Fsp3) is 0.667. The summed E-state index contributed by atoms with van der Waals surface area (Å²) in [6, 6.07) is 0. The predicted molar refractivity (Wildman–Crippen MR) is 70.9 cm³/mol. The van der Waals surface area contributed by atoms with Crippen LogP contribution in [0.1, 0.15) is 35.5 Å². The number of aromatic nitrogens is 1. The van der Waals surface area contributed by atoms with E-state index in [1.807, 2.05) is 0 Å². The number of amides is 1. The lowest BCUT2D eigenvalue weighted by Gasteiger charge is -2.22. The van der Waals surface area contributed by atoms with Gasteiger partial charge in [0.05, 0.1) is 5.69 Å². The molecule has 0 radical (unpaired) electrons. The Balaban J connectivity index is 0.00000162. The Morgan fingerprint density at radius 3 is 2.67 bits per heavy atom. The lowest BCUT2D eigenvalue weighted by molar-refractivity contribution is 0.0743. The maximum Gasteiger partial charge on any atom is 0.291 e. The van der Waals surface area contributed by atoms with Crippen molar-refractivity contribution < 1.29 is 9.21 Å². The molecule has 1 aromatic heterocycles. The molecule has 0 bridgehead atoms. The Bertz CT molecular complexity index is 447. The fourth-order valence-electron chi connectivity index (χ4n) is 2.24. The topological polar surface area (TPSA) is 72.4 Å². The van der Waals surface area contributed by atoms with Crippen molar-refractivity contribution in [2.24, 2.45) is 11.1 Å². The summed E-state index contributed by atoms with van der Waals surface area (Å²) in [5, 5.41) is 0. The minimum Gasteiger partial charge on any atom is -0.436 e. The van der Waals surface area contributed by atoms with E-state index >= 15 is 0 Å². The molecule has 0 saturated carbocycles. The second kappa shape index (κ2) is 5.28. The lowest BCUT2D eigenvalue weighted by Crippen LogP contribution is -2.34. The normalized spacial score (nSPS) is 23.0. The van der Waals surface area contributed by atoms with Gasteiger partial charge in [-0.3, -0.25) is 4.79 Å². The van der Waals surface area contributed by atoms with Gasteiger partial charge in [-0.15, -0.1) is 12.4 Å². The molecule has 1 saturated heterocycles. The SMILES string of the molecule is Cc1nc(C)c(C(=O)N2CCC(C)(CN)C2)o1.Cl. The Morgan fingerprint density at radius 2 is 2.22 bits per heavy atom. The Kier molecular flexibility index (Phi) is 4.40. The van der Waals surface area contributed by atoms with Gasteiger partial charge in [0.15, 0.2) is 5.89 Å². The molecule has 5 nitrogen and oxygen atoms in total. The third-order valence-electron chi connectivity index (χ3n) is 3.44. The molecule has 0 spiro atoms. The molecule has 1 amide bonds. The molecule has 2 rings (SSSR count). The molecule has 6 heteroatoms. The van der Waals surface area contributed by atoms with E-state index in [-0.39, 0.29) is 23.7 Å². The zero-order valence-corrected chi connectivity index (χ0v) is 11.8. The number of aryl methyl sites for hydroxylation is 2. The summed E-state index contributed by atoms with van der Waals surface area (Å²) in [6.45, 7) is 7.69. The zero-order chi connectivity index (χ0) is 12.6. The zero-order valence-electron chi connectivity index (χ0n) is 11.0. The summed E-state index contributed by atoms with van der Waals surface area (Å²) in [5.74, 6) is 0.829. The highest BCUT2D eigenvalue weighted by Crippen LogP contribution is 2.29. The van der Waals surface area contributed by atoms with Crippen LogP contribution in [0.2, 0.25) is 0 Å². The van der Waals surface area contributed by atoms with Gasteiger partial charge in [-0.1, -0.05) is 6.92 Å². The predicted octanol–water partition coefficient (Wildman–Crippen LogP) is 1.52. The second-order valence-corrected chi connectivity index (χ2v) is 5.14. The minimum atomic E-state index is -0.0692. The monoisotopic (exact) mass is 273 g/mol. The molecule has 102 valence electrons. The summed E-state index contributed by atoms with van der Waals surface area (Å²) < 4.78 is 5.36. The minimum absolute atomic E-state index is 0. The van der Waals surface area contributed by atoms with Gasteiger partial charge >= 0.3 is 0 Å². The first-order valence-corrected chi connectivity index (χ1v) is 5.88. The van der Waals surface area contributed by atoms with Gasteiger partial charge < -0.3 is 15.1 Å². The fourth-order valence-corrected chi connectivity index (χ4v) is 2.24. The van der Waals surface area contributed by atoms with Crippen LogP contribution >= 0.6 is 12.4 Å². The number of hydrogen-bond acceptors (Lipinski definition) is 4. The number of carbonyl (C=O) groups excluding carboxylic acids is 1. The first-order chi connectivity index (χ1) is 7.95. The third kappa shape index (κ3) is 2.67. The van der Waals surface area contributed by atoms with Crippen molar-refractivity contribution in [2.75, 3.05) is 19.6 Å². The number of nitrogens with two attached hydrogens (primary N) is 1. The Hall–Kier alpha value is -1.07. The van der Waals surface area contributed by atoms with Crippen molar-refractivity contribution >= 4 is 18.3 Å². The molecule has 2 N–H and O–H groups in total. The summed E-state index contributed by atoms with van der Waals surface area (Å²) in [6.07, 6.45) is 0.946. The van der Waals surface area contributed by atoms with Gasteiger partial charge in [0.2, 0.25) is 5.76 Å². The maximum atomic E-state index is 12.2. The first kappa shape index (κ1) is 15.0. The van der Waals surface area contributed by atoms with E-state index < -0.39 is 0 Å². The van der Waals surface area contributed by atoms with Crippen LogP contribution in [0.25, 0.3) is 0 Å². The smallest absolute Gasteiger partial charge is 0.291 e. The molecular weight excluding hydrogens is 254 g/mol. The van der Waals surface area contributed by atoms with Crippen molar-refractivity contribution in [2.45, 2.75) is 27.2 Å². The van der Waals surface area contributed by atoms with Gasteiger partial charge in [0.1, 0.15) is 0 Å². The number of hydrogen-bond donors (Lipinski definition) is 1. The maximum absolute atomic E-state index is 12.2. The van der Waals surface area contributed by atoms with Crippen LogP contribution in [0.5, 0.6) is 0 Å². The second-order valence-electron chi connectivity index (χ2n) is 5.14. The number of halogens is 1. The van der Waals surface area contributed by atoms with Crippen LogP contribution in [0.15, 0.2) is 4.42 Å².